The van der Waals surface area contributed by atoms with E-state index in [4.69, 9.17) is 16.3 Å². The van der Waals surface area contributed by atoms with E-state index >= 15 is 0 Å². The highest BCUT2D eigenvalue weighted by molar-refractivity contribution is 6.33. The number of benzene rings is 1. The van der Waals surface area contributed by atoms with Crippen molar-refractivity contribution in [3.8, 4) is 0 Å². The molecule has 0 spiro atoms. The lowest BCUT2D eigenvalue weighted by atomic mass is 10.1. The molecule has 0 N–H and O–H groups in total. The minimum absolute atomic E-state index is 0.0330. The Bertz CT molecular complexity index is 1170. The topological polar surface area (TPSA) is 70.9 Å². The zero-order valence-corrected chi connectivity index (χ0v) is 21.2. The van der Waals surface area contributed by atoms with Crippen molar-refractivity contribution in [3.63, 3.8) is 0 Å². The smallest absolute Gasteiger partial charge is 0.274 e. The Hall–Kier alpha value is -2.72. The van der Waals surface area contributed by atoms with E-state index in [9.17, 15) is 18.4 Å². The van der Waals surface area contributed by atoms with Crippen molar-refractivity contribution in [2.24, 2.45) is 0 Å². The average Bonchev–Trinajstić information content (AvgIpc) is 3.44. The highest BCUT2D eigenvalue weighted by Crippen LogP contribution is 2.30. The minimum Gasteiger partial charge on any atom is -0.372 e. The first kappa shape index (κ1) is 25.0. The van der Waals surface area contributed by atoms with Crippen molar-refractivity contribution in [1.82, 2.24) is 19.6 Å². The third-order valence-electron chi connectivity index (χ3n) is 7.16. The van der Waals surface area contributed by atoms with E-state index in [2.05, 4.69) is 5.10 Å². The number of anilines is 1. The number of nitrogens with zero attached hydrogens (tertiary/aromatic N) is 5. The number of ether oxygens (including phenoxy) is 1. The maximum Gasteiger partial charge on any atom is 0.274 e. The number of piperazine rings is 1. The predicted molar refractivity (Wildman–Crippen MR) is 130 cm³/mol. The Morgan fingerprint density at radius 2 is 1.69 bits per heavy atom. The second kappa shape index (κ2) is 9.97. The number of aromatic nitrogens is 2. The molecule has 11 heteroatoms. The van der Waals surface area contributed by atoms with Crippen molar-refractivity contribution in [3.05, 3.63) is 45.7 Å². The molecule has 3 heterocycles. The van der Waals surface area contributed by atoms with Gasteiger partial charge in [-0.25, -0.2) is 8.78 Å². The van der Waals surface area contributed by atoms with Crippen LogP contribution >= 0.6 is 11.6 Å². The van der Waals surface area contributed by atoms with Crippen LogP contribution in [0.5, 0.6) is 0 Å². The normalized spacial score (nSPS) is 22.2. The number of carbonyl (C=O) groups excluding carboxylic acids is 2. The van der Waals surface area contributed by atoms with Crippen LogP contribution in [0.1, 0.15) is 42.0 Å². The average molecular weight is 522 g/mol. The first-order valence-electron chi connectivity index (χ1n) is 12.4. The standard InChI is InChI=1S/C25H30ClF2N5O3/c1-15-12-32(13-16(2)36-15)25(35)24-17-4-3-5-21(17)33(29-24)14-23(34)31-8-6-30(7-9-31)22-11-20(28)19(27)10-18(22)26/h10-11,15-16H,3-9,12-14H2,1-2H3/t15-,16+. The molecule has 2 saturated heterocycles. The number of hydrogen-bond acceptors (Lipinski definition) is 5. The van der Waals surface area contributed by atoms with Gasteiger partial charge in [-0.2, -0.15) is 5.10 Å². The first-order valence-corrected chi connectivity index (χ1v) is 12.8. The summed E-state index contributed by atoms with van der Waals surface area (Å²) in [6.07, 6.45) is 2.45. The molecule has 3 aliphatic rings. The van der Waals surface area contributed by atoms with E-state index in [0.717, 1.165) is 42.7 Å². The molecule has 0 radical (unpaired) electrons. The van der Waals surface area contributed by atoms with Gasteiger partial charge in [0.1, 0.15) is 6.54 Å². The molecule has 2 amide bonds. The zero-order chi connectivity index (χ0) is 25.6. The van der Waals surface area contributed by atoms with Crippen molar-refractivity contribution < 1.29 is 23.1 Å². The van der Waals surface area contributed by atoms with Crippen molar-refractivity contribution in [1.29, 1.82) is 0 Å². The number of rotatable bonds is 4. The van der Waals surface area contributed by atoms with Gasteiger partial charge in [0, 0.05) is 56.6 Å². The number of hydrogen-bond donors (Lipinski definition) is 0. The van der Waals surface area contributed by atoms with Crippen LogP contribution < -0.4 is 4.90 Å². The predicted octanol–water partition coefficient (Wildman–Crippen LogP) is 2.90. The Morgan fingerprint density at radius 1 is 1.03 bits per heavy atom. The zero-order valence-electron chi connectivity index (χ0n) is 20.5. The molecule has 0 unspecified atom stereocenters. The van der Waals surface area contributed by atoms with Gasteiger partial charge in [0.25, 0.3) is 5.91 Å². The van der Waals surface area contributed by atoms with Crippen LogP contribution in [0.3, 0.4) is 0 Å². The van der Waals surface area contributed by atoms with E-state index in [1.807, 2.05) is 18.7 Å². The summed E-state index contributed by atoms with van der Waals surface area (Å²) in [5, 5.41) is 4.76. The van der Waals surface area contributed by atoms with Crippen molar-refractivity contribution >= 4 is 29.1 Å². The van der Waals surface area contributed by atoms with Gasteiger partial charge in [-0.1, -0.05) is 11.6 Å². The van der Waals surface area contributed by atoms with Crippen LogP contribution in [-0.2, 0) is 28.9 Å². The first-order chi connectivity index (χ1) is 17.2. The summed E-state index contributed by atoms with van der Waals surface area (Å²) in [5.74, 6) is -2.12. The van der Waals surface area contributed by atoms with Gasteiger partial charge in [0.15, 0.2) is 17.3 Å². The number of fused-ring (bicyclic) bond motifs is 1. The highest BCUT2D eigenvalue weighted by atomic mass is 35.5. The largest absolute Gasteiger partial charge is 0.372 e. The molecule has 5 rings (SSSR count). The summed E-state index contributed by atoms with van der Waals surface area (Å²) in [4.78, 5) is 31.9. The van der Waals surface area contributed by atoms with Crippen LogP contribution in [-0.4, -0.2) is 82.9 Å². The van der Waals surface area contributed by atoms with Crippen LogP contribution in [0, 0.1) is 11.6 Å². The fourth-order valence-corrected chi connectivity index (χ4v) is 5.75. The Morgan fingerprint density at radius 3 is 2.39 bits per heavy atom. The van der Waals surface area contributed by atoms with Crippen molar-refractivity contribution in [2.45, 2.75) is 51.9 Å². The molecule has 1 aromatic heterocycles. The summed E-state index contributed by atoms with van der Waals surface area (Å²) in [6, 6.07) is 2.07. The van der Waals surface area contributed by atoms with Gasteiger partial charge in [-0.3, -0.25) is 14.3 Å². The molecule has 36 heavy (non-hydrogen) atoms. The molecule has 194 valence electrons. The Balaban J connectivity index is 1.26. The molecule has 1 aliphatic carbocycles. The summed E-state index contributed by atoms with van der Waals surface area (Å²) >= 11 is 6.12. The van der Waals surface area contributed by atoms with Crippen LogP contribution in [0.15, 0.2) is 12.1 Å². The molecule has 2 fully saturated rings. The molecule has 8 nitrogen and oxygen atoms in total. The molecule has 0 saturated carbocycles. The number of amides is 2. The van der Waals surface area contributed by atoms with Gasteiger partial charge in [0.05, 0.1) is 22.9 Å². The van der Waals surface area contributed by atoms with Gasteiger partial charge in [-0.05, 0) is 39.2 Å². The minimum atomic E-state index is -0.986. The Kier molecular flexibility index (Phi) is 6.91. The van der Waals surface area contributed by atoms with Crippen LogP contribution in [0.2, 0.25) is 5.02 Å². The van der Waals surface area contributed by atoms with E-state index < -0.39 is 11.6 Å². The maximum absolute atomic E-state index is 13.7. The second-order valence-corrected chi connectivity index (χ2v) is 10.2. The summed E-state index contributed by atoms with van der Waals surface area (Å²) < 4.78 is 34.6. The number of morpholine rings is 1. The summed E-state index contributed by atoms with van der Waals surface area (Å²) in [5.41, 5.74) is 2.79. The quantitative estimate of drug-likeness (QED) is 0.579. The van der Waals surface area contributed by atoms with Crippen molar-refractivity contribution in [2.75, 3.05) is 44.2 Å². The lowest BCUT2D eigenvalue weighted by Crippen LogP contribution is -2.50. The lowest BCUT2D eigenvalue weighted by molar-refractivity contribution is -0.132. The van der Waals surface area contributed by atoms with Gasteiger partial charge in [-0.15, -0.1) is 0 Å². The van der Waals surface area contributed by atoms with Crippen LogP contribution in [0.25, 0.3) is 0 Å². The fraction of sp³-hybridized carbons (Fsp3) is 0.560. The molecule has 2 atom stereocenters. The van der Waals surface area contributed by atoms with Gasteiger partial charge < -0.3 is 19.4 Å². The van der Waals surface area contributed by atoms with Gasteiger partial charge >= 0.3 is 0 Å². The third-order valence-corrected chi connectivity index (χ3v) is 7.47. The highest BCUT2D eigenvalue weighted by Gasteiger charge is 2.33. The summed E-state index contributed by atoms with van der Waals surface area (Å²) in [7, 11) is 0. The van der Waals surface area contributed by atoms with E-state index in [1.54, 1.807) is 14.5 Å². The second-order valence-electron chi connectivity index (χ2n) is 9.84. The lowest BCUT2D eigenvalue weighted by Gasteiger charge is -2.36. The Labute approximate surface area is 213 Å². The SMILES string of the molecule is C[C@@H]1CN(C(=O)c2nn(CC(=O)N3CCN(c4cc(F)c(F)cc4Cl)CC3)c3c2CCC3)C[C@H](C)O1. The number of halogens is 3. The maximum atomic E-state index is 13.7. The fourth-order valence-electron chi connectivity index (χ4n) is 5.48. The van der Waals surface area contributed by atoms with Gasteiger partial charge in [0.2, 0.25) is 5.91 Å². The summed E-state index contributed by atoms with van der Waals surface area (Å²) in [6.45, 7) is 6.77. The molecule has 0 bridgehead atoms. The van der Waals surface area contributed by atoms with E-state index in [-0.39, 0.29) is 35.6 Å². The molecule has 2 aromatic rings. The van der Waals surface area contributed by atoms with E-state index in [0.29, 0.717) is 50.6 Å². The van der Waals surface area contributed by atoms with Crippen LogP contribution in [0.4, 0.5) is 14.5 Å². The third kappa shape index (κ3) is 4.80. The van der Waals surface area contributed by atoms with E-state index in [1.165, 1.54) is 0 Å². The molecule has 1 aromatic carbocycles. The monoisotopic (exact) mass is 521 g/mol. The molecule has 2 aliphatic heterocycles. The molecular formula is C25H30ClF2N5O3. The number of carbonyl (C=O) groups is 2. The molecular weight excluding hydrogens is 492 g/mol.